The van der Waals surface area contributed by atoms with Crippen LogP contribution in [0.4, 0.5) is 22.7 Å². The number of para-hydroxylation sites is 2. The SMILES string of the molecule is Clc1ccc(N/N=C/c2ccc(N(c3ccccc3)c3ccccc3)cc2)cc1. The number of benzene rings is 4. The average molecular weight is 398 g/mol. The molecule has 0 aliphatic carbocycles. The van der Waals surface area contributed by atoms with Crippen LogP contribution in [0.3, 0.4) is 0 Å². The molecule has 0 unspecified atom stereocenters. The largest absolute Gasteiger partial charge is 0.311 e. The van der Waals surface area contributed by atoms with E-state index < -0.39 is 0 Å². The zero-order valence-corrected chi connectivity index (χ0v) is 16.5. The van der Waals surface area contributed by atoms with E-state index in [0.717, 1.165) is 28.3 Å². The summed E-state index contributed by atoms with van der Waals surface area (Å²) in [4.78, 5) is 2.23. The Bertz CT molecular complexity index is 1020. The van der Waals surface area contributed by atoms with Gasteiger partial charge in [-0.2, -0.15) is 5.10 Å². The highest BCUT2D eigenvalue weighted by Crippen LogP contribution is 2.33. The molecule has 0 aromatic heterocycles. The summed E-state index contributed by atoms with van der Waals surface area (Å²) in [5, 5.41) is 5.01. The molecule has 0 aliphatic rings. The zero-order valence-electron chi connectivity index (χ0n) is 15.7. The monoisotopic (exact) mass is 397 g/mol. The molecule has 0 atom stereocenters. The summed E-state index contributed by atoms with van der Waals surface area (Å²) in [7, 11) is 0. The van der Waals surface area contributed by atoms with Crippen LogP contribution in [0.25, 0.3) is 0 Å². The van der Waals surface area contributed by atoms with E-state index in [-0.39, 0.29) is 0 Å². The lowest BCUT2D eigenvalue weighted by molar-refractivity contribution is 1.28. The molecule has 4 aromatic rings. The van der Waals surface area contributed by atoms with E-state index in [9.17, 15) is 0 Å². The summed E-state index contributed by atoms with van der Waals surface area (Å²) >= 11 is 5.90. The first-order valence-electron chi connectivity index (χ1n) is 9.34. The molecule has 0 fully saturated rings. The van der Waals surface area contributed by atoms with E-state index in [1.165, 1.54) is 0 Å². The van der Waals surface area contributed by atoms with Crippen molar-refractivity contribution in [2.24, 2.45) is 5.10 Å². The van der Waals surface area contributed by atoms with Gasteiger partial charge in [0.25, 0.3) is 0 Å². The first-order valence-corrected chi connectivity index (χ1v) is 9.72. The number of rotatable bonds is 6. The van der Waals surface area contributed by atoms with Gasteiger partial charge in [0.2, 0.25) is 0 Å². The molecule has 3 nitrogen and oxygen atoms in total. The molecule has 0 saturated heterocycles. The number of hydrogen-bond acceptors (Lipinski definition) is 3. The van der Waals surface area contributed by atoms with Crippen LogP contribution in [0, 0.1) is 0 Å². The highest BCUT2D eigenvalue weighted by molar-refractivity contribution is 6.30. The van der Waals surface area contributed by atoms with Gasteiger partial charge in [-0.1, -0.05) is 60.1 Å². The first kappa shape index (κ1) is 18.8. The van der Waals surface area contributed by atoms with Crippen molar-refractivity contribution < 1.29 is 0 Å². The van der Waals surface area contributed by atoms with Crippen LogP contribution in [0.15, 0.2) is 114 Å². The minimum absolute atomic E-state index is 0.705. The van der Waals surface area contributed by atoms with Crippen molar-refractivity contribution in [3.63, 3.8) is 0 Å². The molecule has 4 aromatic carbocycles. The van der Waals surface area contributed by atoms with E-state index in [4.69, 9.17) is 11.6 Å². The van der Waals surface area contributed by atoms with Crippen molar-refractivity contribution in [1.29, 1.82) is 0 Å². The molecular formula is C25H20ClN3. The minimum Gasteiger partial charge on any atom is -0.311 e. The number of halogens is 1. The van der Waals surface area contributed by atoms with Crippen molar-refractivity contribution in [3.8, 4) is 0 Å². The van der Waals surface area contributed by atoms with Crippen LogP contribution in [0.1, 0.15) is 5.56 Å². The quantitative estimate of drug-likeness (QED) is 0.274. The summed E-state index contributed by atoms with van der Waals surface area (Å²) in [5.74, 6) is 0. The normalized spacial score (nSPS) is 10.8. The maximum Gasteiger partial charge on any atom is 0.0562 e. The van der Waals surface area contributed by atoms with Crippen molar-refractivity contribution in [1.82, 2.24) is 0 Å². The van der Waals surface area contributed by atoms with Gasteiger partial charge in [0.15, 0.2) is 0 Å². The van der Waals surface area contributed by atoms with Gasteiger partial charge in [0, 0.05) is 22.1 Å². The van der Waals surface area contributed by atoms with Gasteiger partial charge >= 0.3 is 0 Å². The maximum atomic E-state index is 5.90. The van der Waals surface area contributed by atoms with Gasteiger partial charge in [0.05, 0.1) is 11.9 Å². The number of anilines is 4. The second kappa shape index (κ2) is 9.09. The predicted molar refractivity (Wildman–Crippen MR) is 124 cm³/mol. The molecule has 1 N–H and O–H groups in total. The molecule has 29 heavy (non-hydrogen) atoms. The van der Waals surface area contributed by atoms with E-state index >= 15 is 0 Å². The second-order valence-corrected chi connectivity index (χ2v) is 6.91. The highest BCUT2D eigenvalue weighted by Gasteiger charge is 2.11. The van der Waals surface area contributed by atoms with Gasteiger partial charge in [-0.25, -0.2) is 0 Å². The summed E-state index contributed by atoms with van der Waals surface area (Å²) < 4.78 is 0. The number of nitrogens with one attached hydrogen (secondary N) is 1. The van der Waals surface area contributed by atoms with Gasteiger partial charge in [0.1, 0.15) is 0 Å². The van der Waals surface area contributed by atoms with Gasteiger partial charge in [-0.05, 0) is 66.2 Å². The van der Waals surface area contributed by atoms with E-state index in [0.29, 0.717) is 5.02 Å². The Kier molecular flexibility index (Phi) is 5.89. The van der Waals surface area contributed by atoms with Crippen molar-refractivity contribution in [3.05, 3.63) is 120 Å². The standard InChI is InChI=1S/C25H20ClN3/c26-21-13-15-22(16-14-21)28-27-19-20-11-17-25(18-12-20)29(23-7-3-1-4-8-23)24-9-5-2-6-10-24/h1-19,28H/b27-19+. The Labute approximate surface area is 175 Å². The molecule has 0 aliphatic heterocycles. The predicted octanol–water partition coefficient (Wildman–Crippen LogP) is 7.26. The average Bonchev–Trinajstić information content (AvgIpc) is 2.78. The molecular weight excluding hydrogens is 378 g/mol. The van der Waals surface area contributed by atoms with Crippen molar-refractivity contribution in [2.75, 3.05) is 10.3 Å². The van der Waals surface area contributed by atoms with Crippen LogP contribution in [0.5, 0.6) is 0 Å². The summed E-state index contributed by atoms with van der Waals surface area (Å²) in [6.45, 7) is 0. The molecule has 142 valence electrons. The fraction of sp³-hybridized carbons (Fsp3) is 0. The summed E-state index contributed by atoms with van der Waals surface area (Å²) in [6.07, 6.45) is 1.80. The fourth-order valence-electron chi connectivity index (χ4n) is 3.02. The highest BCUT2D eigenvalue weighted by atomic mass is 35.5. The van der Waals surface area contributed by atoms with Gasteiger partial charge < -0.3 is 4.90 Å². The second-order valence-electron chi connectivity index (χ2n) is 6.47. The van der Waals surface area contributed by atoms with E-state index in [1.807, 2.05) is 36.4 Å². The Hall–Kier alpha value is -3.56. The maximum absolute atomic E-state index is 5.90. The lowest BCUT2D eigenvalue weighted by Gasteiger charge is -2.25. The Morgan fingerprint density at radius 2 is 1.14 bits per heavy atom. The number of hydrazone groups is 1. The molecule has 4 heteroatoms. The lowest BCUT2D eigenvalue weighted by atomic mass is 10.1. The number of hydrogen-bond donors (Lipinski definition) is 1. The van der Waals surface area contributed by atoms with Crippen molar-refractivity contribution in [2.45, 2.75) is 0 Å². The smallest absolute Gasteiger partial charge is 0.0562 e. The van der Waals surface area contributed by atoms with Crippen LogP contribution in [-0.4, -0.2) is 6.21 Å². The Morgan fingerprint density at radius 1 is 0.621 bits per heavy atom. The Morgan fingerprint density at radius 3 is 1.69 bits per heavy atom. The van der Waals surface area contributed by atoms with Crippen molar-refractivity contribution >= 4 is 40.6 Å². The van der Waals surface area contributed by atoms with Crippen LogP contribution < -0.4 is 10.3 Å². The van der Waals surface area contributed by atoms with Gasteiger partial charge in [-0.15, -0.1) is 0 Å². The van der Waals surface area contributed by atoms with Crippen LogP contribution in [0.2, 0.25) is 5.02 Å². The molecule has 0 radical (unpaired) electrons. The molecule has 0 spiro atoms. The topological polar surface area (TPSA) is 27.6 Å². The van der Waals surface area contributed by atoms with Crippen LogP contribution >= 0.6 is 11.6 Å². The third kappa shape index (κ3) is 4.84. The summed E-state index contributed by atoms with van der Waals surface area (Å²) in [6, 6.07) is 36.4. The zero-order chi connectivity index (χ0) is 19.9. The fourth-order valence-corrected chi connectivity index (χ4v) is 3.14. The Balaban J connectivity index is 1.54. The number of nitrogens with zero attached hydrogens (tertiary/aromatic N) is 2. The molecule has 0 amide bonds. The summed E-state index contributed by atoms with van der Waals surface area (Å²) in [5.41, 5.74) is 8.23. The molecule has 0 bridgehead atoms. The van der Waals surface area contributed by atoms with Gasteiger partial charge in [-0.3, -0.25) is 5.43 Å². The minimum atomic E-state index is 0.705. The third-order valence-corrected chi connectivity index (χ3v) is 4.68. The third-order valence-electron chi connectivity index (χ3n) is 4.43. The molecule has 4 rings (SSSR count). The molecule has 0 saturated carbocycles. The lowest BCUT2D eigenvalue weighted by Crippen LogP contribution is -2.09. The molecule has 0 heterocycles. The van der Waals surface area contributed by atoms with E-state index in [1.54, 1.807) is 6.21 Å². The van der Waals surface area contributed by atoms with E-state index in [2.05, 4.69) is 88.2 Å². The first-order chi connectivity index (χ1) is 14.3. The van der Waals surface area contributed by atoms with Crippen LogP contribution in [-0.2, 0) is 0 Å².